The van der Waals surface area contributed by atoms with Gasteiger partial charge in [0.1, 0.15) is 23.8 Å². The van der Waals surface area contributed by atoms with Gasteiger partial charge in [-0.2, -0.15) is 0 Å². The van der Waals surface area contributed by atoms with Gasteiger partial charge in [-0.1, -0.05) is 13.3 Å². The summed E-state index contributed by atoms with van der Waals surface area (Å²) < 4.78 is 40.1. The van der Waals surface area contributed by atoms with Gasteiger partial charge < -0.3 is 10.7 Å². The maximum atomic E-state index is 13.7. The summed E-state index contributed by atoms with van der Waals surface area (Å²) in [5.41, 5.74) is 2.67. The topological polar surface area (TPSA) is 75.9 Å². The van der Waals surface area contributed by atoms with E-state index in [1.165, 1.54) is 6.33 Å². The van der Waals surface area contributed by atoms with Crippen LogP contribution in [0.3, 0.4) is 0 Å². The van der Waals surface area contributed by atoms with Crippen molar-refractivity contribution in [2.75, 3.05) is 10.7 Å². The molecule has 1 aromatic carbocycles. The number of hydrogen-bond donors (Lipinski definition) is 3. The summed E-state index contributed by atoms with van der Waals surface area (Å²) in [6, 6.07) is 1.33. The molecule has 0 unspecified atom stereocenters. The molecule has 0 fully saturated rings. The van der Waals surface area contributed by atoms with E-state index in [2.05, 4.69) is 20.7 Å². The molecule has 0 amide bonds. The minimum absolute atomic E-state index is 0.240. The average Bonchev–Trinajstić information content (AvgIpc) is 2.46. The third kappa shape index (κ3) is 3.22. The van der Waals surface area contributed by atoms with E-state index in [1.54, 1.807) is 0 Å². The highest BCUT2D eigenvalue weighted by atomic mass is 19.2. The molecule has 8 heteroatoms. The molecule has 0 spiro atoms. The lowest BCUT2D eigenvalue weighted by Crippen LogP contribution is -2.13. The average molecular weight is 297 g/mol. The fourth-order valence-corrected chi connectivity index (χ4v) is 1.91. The van der Waals surface area contributed by atoms with Crippen molar-refractivity contribution >= 4 is 17.3 Å². The summed E-state index contributed by atoms with van der Waals surface area (Å²) in [5, 5.41) is 2.58. The molecule has 0 saturated carbocycles. The number of nitrogens with two attached hydrogens (primary N) is 1. The van der Waals surface area contributed by atoms with Crippen LogP contribution in [0.5, 0.6) is 0 Å². The smallest absolute Gasteiger partial charge is 0.182 e. The molecule has 0 saturated heterocycles. The number of aromatic nitrogens is 2. The number of nitrogens with one attached hydrogen (secondary N) is 2. The Bertz CT molecular complexity index is 648. The molecule has 21 heavy (non-hydrogen) atoms. The normalized spacial score (nSPS) is 10.5. The first-order chi connectivity index (χ1) is 10.1. The number of halogens is 3. The van der Waals surface area contributed by atoms with E-state index in [9.17, 15) is 13.2 Å². The van der Waals surface area contributed by atoms with Crippen molar-refractivity contribution < 1.29 is 13.2 Å². The van der Waals surface area contributed by atoms with E-state index in [0.29, 0.717) is 23.9 Å². The van der Waals surface area contributed by atoms with E-state index >= 15 is 0 Å². The Morgan fingerprint density at radius 2 is 1.86 bits per heavy atom. The second-order valence-electron chi connectivity index (χ2n) is 4.32. The molecular formula is C13H14F3N5. The van der Waals surface area contributed by atoms with E-state index in [-0.39, 0.29) is 11.5 Å². The van der Waals surface area contributed by atoms with Gasteiger partial charge >= 0.3 is 0 Å². The first-order valence-electron chi connectivity index (χ1n) is 6.28. The van der Waals surface area contributed by atoms with Crippen molar-refractivity contribution in [1.82, 2.24) is 9.97 Å². The minimum atomic E-state index is -1.28. The zero-order valence-electron chi connectivity index (χ0n) is 11.3. The Morgan fingerprint density at radius 1 is 1.14 bits per heavy atom. The maximum absolute atomic E-state index is 13.7. The Hall–Kier alpha value is -2.35. The molecule has 0 atom stereocenters. The van der Waals surface area contributed by atoms with Gasteiger partial charge in [-0.15, -0.1) is 0 Å². The Labute approximate surface area is 119 Å². The highest BCUT2D eigenvalue weighted by molar-refractivity contribution is 5.65. The molecule has 5 nitrogen and oxygen atoms in total. The van der Waals surface area contributed by atoms with E-state index in [0.717, 1.165) is 12.5 Å². The lowest BCUT2D eigenvalue weighted by atomic mass is 10.1. The van der Waals surface area contributed by atoms with E-state index in [1.807, 2.05) is 6.92 Å². The van der Waals surface area contributed by atoms with Crippen LogP contribution in [0, 0.1) is 17.5 Å². The lowest BCUT2D eigenvalue weighted by Gasteiger charge is -2.14. The lowest BCUT2D eigenvalue weighted by molar-refractivity contribution is 0.498. The second-order valence-corrected chi connectivity index (χ2v) is 4.32. The highest BCUT2D eigenvalue weighted by Gasteiger charge is 2.15. The summed E-state index contributed by atoms with van der Waals surface area (Å²) in [7, 11) is 0. The number of hydrazine groups is 1. The van der Waals surface area contributed by atoms with Crippen molar-refractivity contribution in [1.29, 1.82) is 0 Å². The standard InChI is InChI=1S/C13H14F3N5/c1-2-3-8-12(18-6-19-13(8)21-17)20-10-5-7(14)4-9(15)11(10)16/h4-6H,2-3,17H2,1H3,(H2,18,19,20,21). The van der Waals surface area contributed by atoms with Crippen molar-refractivity contribution in [3.8, 4) is 0 Å². The van der Waals surface area contributed by atoms with Crippen molar-refractivity contribution in [2.45, 2.75) is 19.8 Å². The molecule has 0 aliphatic rings. The van der Waals surface area contributed by atoms with Crippen LogP contribution >= 0.6 is 0 Å². The van der Waals surface area contributed by atoms with Crippen molar-refractivity contribution in [3.63, 3.8) is 0 Å². The highest BCUT2D eigenvalue weighted by Crippen LogP contribution is 2.27. The summed E-state index contributed by atoms with van der Waals surface area (Å²) in [4.78, 5) is 7.92. The molecule has 4 N–H and O–H groups in total. The van der Waals surface area contributed by atoms with Crippen molar-refractivity contribution in [2.24, 2.45) is 5.84 Å². The quantitative estimate of drug-likeness (QED) is 0.449. The molecule has 0 aliphatic carbocycles. The van der Waals surface area contributed by atoms with Gasteiger partial charge in [-0.25, -0.2) is 29.0 Å². The Balaban J connectivity index is 2.44. The van der Waals surface area contributed by atoms with Gasteiger partial charge in [0, 0.05) is 17.7 Å². The minimum Gasteiger partial charge on any atom is -0.337 e. The maximum Gasteiger partial charge on any atom is 0.182 e. The van der Waals surface area contributed by atoms with Gasteiger partial charge in [0.15, 0.2) is 11.6 Å². The summed E-state index contributed by atoms with van der Waals surface area (Å²) in [6.07, 6.45) is 2.53. The van der Waals surface area contributed by atoms with Gasteiger partial charge in [0.25, 0.3) is 0 Å². The first kappa shape index (κ1) is 15.0. The zero-order chi connectivity index (χ0) is 15.4. The van der Waals surface area contributed by atoms with Gasteiger partial charge in [-0.3, -0.25) is 0 Å². The van der Waals surface area contributed by atoms with Crippen molar-refractivity contribution in [3.05, 3.63) is 41.5 Å². The van der Waals surface area contributed by atoms with E-state index in [4.69, 9.17) is 5.84 Å². The number of nitrogen functional groups attached to an aromatic ring is 1. The SMILES string of the molecule is CCCc1c(NN)ncnc1Nc1cc(F)cc(F)c1F. The molecule has 0 aliphatic heterocycles. The number of rotatable bonds is 5. The van der Waals surface area contributed by atoms with Crippen LogP contribution in [0.15, 0.2) is 18.5 Å². The fraction of sp³-hybridized carbons (Fsp3) is 0.231. The predicted molar refractivity (Wildman–Crippen MR) is 73.4 cm³/mol. The molecule has 0 bridgehead atoms. The van der Waals surface area contributed by atoms with Crippen LogP contribution in [-0.4, -0.2) is 9.97 Å². The molecule has 0 radical (unpaired) electrons. The molecule has 1 heterocycles. The summed E-state index contributed by atoms with van der Waals surface area (Å²) in [5.74, 6) is 2.62. The largest absolute Gasteiger partial charge is 0.337 e. The summed E-state index contributed by atoms with van der Waals surface area (Å²) >= 11 is 0. The monoisotopic (exact) mass is 297 g/mol. The zero-order valence-corrected chi connectivity index (χ0v) is 11.3. The Morgan fingerprint density at radius 3 is 2.52 bits per heavy atom. The molecule has 112 valence electrons. The number of benzene rings is 1. The number of nitrogens with zero attached hydrogens (tertiary/aromatic N) is 2. The third-order valence-electron chi connectivity index (χ3n) is 2.83. The first-order valence-corrected chi connectivity index (χ1v) is 6.28. The van der Waals surface area contributed by atoms with Crippen LogP contribution in [0.1, 0.15) is 18.9 Å². The molecule has 2 aromatic rings. The van der Waals surface area contributed by atoms with Gasteiger partial charge in [0.2, 0.25) is 0 Å². The van der Waals surface area contributed by atoms with Gasteiger partial charge in [-0.05, 0) is 6.42 Å². The number of anilines is 3. The molecular weight excluding hydrogens is 283 g/mol. The van der Waals surface area contributed by atoms with E-state index < -0.39 is 17.5 Å². The van der Waals surface area contributed by atoms with Crippen LogP contribution in [0.25, 0.3) is 0 Å². The van der Waals surface area contributed by atoms with Crippen LogP contribution in [0.2, 0.25) is 0 Å². The number of hydrogen-bond acceptors (Lipinski definition) is 5. The van der Waals surface area contributed by atoms with Crippen LogP contribution in [0.4, 0.5) is 30.5 Å². The molecule has 2 rings (SSSR count). The predicted octanol–water partition coefficient (Wildman–Crippen LogP) is 2.88. The van der Waals surface area contributed by atoms with Gasteiger partial charge in [0.05, 0.1) is 5.69 Å². The summed E-state index contributed by atoms with van der Waals surface area (Å²) in [6.45, 7) is 1.93. The molecule has 1 aromatic heterocycles. The van der Waals surface area contributed by atoms with Crippen LogP contribution in [-0.2, 0) is 6.42 Å². The fourth-order valence-electron chi connectivity index (χ4n) is 1.91. The Kier molecular flexibility index (Phi) is 4.59. The second kappa shape index (κ2) is 6.40. The third-order valence-corrected chi connectivity index (χ3v) is 2.83. The van der Waals surface area contributed by atoms with Crippen LogP contribution < -0.4 is 16.6 Å².